The lowest BCUT2D eigenvalue weighted by molar-refractivity contribution is -0.0437. The van der Waals surface area contributed by atoms with E-state index >= 15 is 0 Å². The smallest absolute Gasteiger partial charge is 0.488 e. The van der Waals surface area contributed by atoms with Crippen molar-refractivity contribution < 1.29 is 26.3 Å². The summed E-state index contributed by atoms with van der Waals surface area (Å²) in [7, 11) is -3.76. The molecule has 1 aromatic rings. The van der Waals surface area contributed by atoms with Crippen LogP contribution in [0.5, 0.6) is 5.75 Å². The van der Waals surface area contributed by atoms with Gasteiger partial charge >= 0.3 is 5.51 Å². The van der Waals surface area contributed by atoms with Crippen molar-refractivity contribution in [2.75, 3.05) is 13.6 Å². The molecule has 1 N–H and O–H groups in total. The van der Waals surface area contributed by atoms with Crippen LogP contribution in [-0.4, -0.2) is 33.6 Å². The van der Waals surface area contributed by atoms with Gasteiger partial charge in [0.1, 0.15) is 16.7 Å². The Morgan fingerprint density at radius 1 is 1.32 bits per heavy atom. The minimum absolute atomic E-state index is 0.303. The van der Waals surface area contributed by atoms with Gasteiger partial charge < -0.3 is 10.1 Å². The van der Waals surface area contributed by atoms with E-state index in [1.165, 1.54) is 18.2 Å². The normalized spacial score (nSPS) is 14.2. The van der Waals surface area contributed by atoms with E-state index in [-0.39, 0.29) is 5.75 Å². The Bertz CT molecular complexity index is 528. The van der Waals surface area contributed by atoms with E-state index in [1.54, 1.807) is 14.0 Å². The molecule has 0 saturated heterocycles. The maximum atomic E-state index is 12.5. The summed E-state index contributed by atoms with van der Waals surface area (Å²) in [4.78, 5) is -0.870. The lowest BCUT2D eigenvalue weighted by Crippen LogP contribution is -2.28. The number of nitrogens with one attached hydrogen (secondary N) is 1. The molecule has 0 radical (unpaired) electrons. The number of sulfone groups is 1. The number of likely N-dealkylation sites (N-methyl/N-ethyl adjacent to an activating group) is 1. The van der Waals surface area contributed by atoms with Crippen LogP contribution in [0, 0.1) is 0 Å². The van der Waals surface area contributed by atoms with E-state index in [2.05, 4.69) is 5.32 Å². The van der Waals surface area contributed by atoms with Crippen molar-refractivity contribution in [3.63, 3.8) is 0 Å². The molecule has 0 aliphatic carbocycles. The molecule has 0 amide bonds. The monoisotopic (exact) mass is 297 g/mol. The predicted molar refractivity (Wildman–Crippen MR) is 63.7 cm³/mol. The van der Waals surface area contributed by atoms with Crippen molar-refractivity contribution in [2.24, 2.45) is 0 Å². The second-order valence-electron chi connectivity index (χ2n) is 3.88. The molecule has 1 atom stereocenters. The quantitative estimate of drug-likeness (QED) is 0.903. The van der Waals surface area contributed by atoms with Crippen molar-refractivity contribution in [1.82, 2.24) is 5.32 Å². The molecule has 0 aliphatic rings. The predicted octanol–water partition coefficient (Wildman–Crippen LogP) is 1.97. The second kappa shape index (κ2) is 5.79. The topological polar surface area (TPSA) is 55.4 Å². The molecule has 0 saturated carbocycles. The van der Waals surface area contributed by atoms with Gasteiger partial charge in [-0.3, -0.25) is 0 Å². The maximum absolute atomic E-state index is 12.5. The number of hydrogen-bond acceptors (Lipinski definition) is 4. The van der Waals surface area contributed by atoms with Crippen molar-refractivity contribution >= 4 is 9.84 Å². The fourth-order valence-corrected chi connectivity index (χ4v) is 2.33. The Hall–Kier alpha value is -1.28. The molecule has 0 aliphatic heterocycles. The average molecular weight is 297 g/mol. The van der Waals surface area contributed by atoms with Gasteiger partial charge in [-0.1, -0.05) is 12.1 Å². The van der Waals surface area contributed by atoms with Crippen molar-refractivity contribution in [3.05, 3.63) is 24.3 Å². The van der Waals surface area contributed by atoms with Crippen molar-refractivity contribution in [3.8, 4) is 5.75 Å². The lowest BCUT2D eigenvalue weighted by atomic mass is 10.3. The fraction of sp³-hybridized carbons (Fsp3) is 0.455. The van der Waals surface area contributed by atoms with Crippen LogP contribution in [0.4, 0.5) is 13.2 Å². The van der Waals surface area contributed by atoms with Crippen molar-refractivity contribution in [1.29, 1.82) is 0 Å². The number of halogens is 3. The van der Waals surface area contributed by atoms with Gasteiger partial charge in [-0.2, -0.15) is 13.2 Å². The maximum Gasteiger partial charge on any atom is 0.502 e. The molecule has 0 aromatic heterocycles. The van der Waals surface area contributed by atoms with Crippen molar-refractivity contribution in [2.45, 2.75) is 23.4 Å². The van der Waals surface area contributed by atoms with Gasteiger partial charge in [0.15, 0.2) is 0 Å². The molecular weight excluding hydrogens is 283 g/mol. The molecule has 19 heavy (non-hydrogen) atoms. The molecule has 4 nitrogen and oxygen atoms in total. The largest absolute Gasteiger partial charge is 0.502 e. The first-order valence-electron chi connectivity index (χ1n) is 5.41. The van der Waals surface area contributed by atoms with Crippen LogP contribution in [0.1, 0.15) is 6.92 Å². The van der Waals surface area contributed by atoms with E-state index in [1.807, 2.05) is 0 Å². The Labute approximate surface area is 109 Å². The molecule has 0 spiro atoms. The van der Waals surface area contributed by atoms with Gasteiger partial charge in [-0.25, -0.2) is 8.42 Å². The Morgan fingerprint density at radius 3 is 2.42 bits per heavy atom. The van der Waals surface area contributed by atoms with E-state index in [9.17, 15) is 21.6 Å². The number of benzene rings is 1. The van der Waals surface area contributed by atoms with E-state index < -0.39 is 26.3 Å². The van der Waals surface area contributed by atoms with Crippen LogP contribution in [-0.2, 0) is 9.84 Å². The minimum atomic E-state index is -5.41. The fourth-order valence-electron chi connectivity index (χ4n) is 1.44. The van der Waals surface area contributed by atoms with Crippen LogP contribution < -0.4 is 10.1 Å². The Morgan fingerprint density at radius 2 is 1.89 bits per heavy atom. The summed E-state index contributed by atoms with van der Waals surface area (Å²) in [6.07, 6.45) is -0.463. The zero-order valence-corrected chi connectivity index (χ0v) is 11.2. The molecule has 1 unspecified atom stereocenters. The molecule has 0 bridgehead atoms. The first-order chi connectivity index (χ1) is 8.70. The summed E-state index contributed by atoms with van der Waals surface area (Å²) in [6.45, 7) is 1.99. The highest BCUT2D eigenvalue weighted by molar-refractivity contribution is 7.92. The van der Waals surface area contributed by atoms with Crippen LogP contribution in [0.2, 0.25) is 0 Å². The van der Waals surface area contributed by atoms with Gasteiger partial charge in [0.05, 0.1) is 0 Å². The third-order valence-corrected chi connectivity index (χ3v) is 3.79. The number of alkyl halides is 3. The number of para-hydroxylation sites is 1. The number of ether oxygens (including phenoxy) is 1. The highest BCUT2D eigenvalue weighted by Crippen LogP contribution is 2.35. The Balaban J connectivity index is 3.17. The Kier molecular flexibility index (Phi) is 4.81. The van der Waals surface area contributed by atoms with Gasteiger partial charge in [0.2, 0.25) is 0 Å². The molecule has 0 heterocycles. The third-order valence-electron chi connectivity index (χ3n) is 2.26. The highest BCUT2D eigenvalue weighted by atomic mass is 32.2. The first-order valence-corrected chi connectivity index (χ1v) is 6.90. The molecule has 0 fully saturated rings. The third kappa shape index (κ3) is 3.60. The van der Waals surface area contributed by atoms with Crippen LogP contribution >= 0.6 is 0 Å². The number of rotatable bonds is 5. The summed E-state index contributed by atoms with van der Waals surface area (Å²) in [6, 6.07) is 4.71. The van der Waals surface area contributed by atoms with E-state index in [4.69, 9.17) is 4.74 Å². The summed E-state index contributed by atoms with van der Waals surface area (Å²) in [5.41, 5.74) is -5.35. The summed E-state index contributed by atoms with van der Waals surface area (Å²) >= 11 is 0. The molecule has 108 valence electrons. The summed E-state index contributed by atoms with van der Waals surface area (Å²) < 4.78 is 65.6. The molecular formula is C11H14F3NO3S. The van der Waals surface area contributed by atoms with Gasteiger partial charge in [0, 0.05) is 6.54 Å². The van der Waals surface area contributed by atoms with E-state index in [0.717, 1.165) is 6.07 Å². The molecule has 1 rings (SSSR count). The second-order valence-corrected chi connectivity index (χ2v) is 5.79. The molecule has 8 heteroatoms. The number of hydrogen-bond donors (Lipinski definition) is 1. The minimum Gasteiger partial charge on any atom is -0.488 e. The van der Waals surface area contributed by atoms with E-state index in [0.29, 0.717) is 6.54 Å². The summed E-state index contributed by atoms with van der Waals surface area (Å²) in [5, 5.41) is 2.78. The lowest BCUT2D eigenvalue weighted by Gasteiger charge is -2.17. The first kappa shape index (κ1) is 15.8. The molecule has 1 aromatic carbocycles. The van der Waals surface area contributed by atoms with Crippen LogP contribution in [0.3, 0.4) is 0 Å². The average Bonchev–Trinajstić information content (AvgIpc) is 2.28. The van der Waals surface area contributed by atoms with Gasteiger partial charge in [-0.05, 0) is 26.1 Å². The zero-order chi connectivity index (χ0) is 14.7. The standard InChI is InChI=1S/C11H14F3NO3S/c1-8(7-15-2)18-9-5-3-4-6-10(9)19(16,17)11(12,13)14/h3-6,8,15H,7H2,1-2H3. The van der Waals surface area contributed by atoms with Crippen LogP contribution in [0.25, 0.3) is 0 Å². The SMILES string of the molecule is CNCC(C)Oc1ccccc1S(=O)(=O)C(F)(F)F. The summed E-state index contributed by atoms with van der Waals surface area (Å²) in [5.74, 6) is -0.303. The van der Waals surface area contributed by atoms with Gasteiger partial charge in [0.25, 0.3) is 9.84 Å². The van der Waals surface area contributed by atoms with Crippen LogP contribution in [0.15, 0.2) is 29.2 Å². The van der Waals surface area contributed by atoms with Gasteiger partial charge in [-0.15, -0.1) is 0 Å². The highest BCUT2D eigenvalue weighted by Gasteiger charge is 2.48. The zero-order valence-electron chi connectivity index (χ0n) is 10.4.